The summed E-state index contributed by atoms with van der Waals surface area (Å²) in [5.41, 5.74) is 0. The molecule has 1 fully saturated rings. The molecule has 2 unspecified atom stereocenters. The van der Waals surface area contributed by atoms with Gasteiger partial charge in [0.25, 0.3) is 0 Å². The summed E-state index contributed by atoms with van der Waals surface area (Å²) < 4.78 is 0. The Morgan fingerprint density at radius 2 is 2.00 bits per heavy atom. The Kier molecular flexibility index (Phi) is 9.76. The molecular formula is C20H28O4. The van der Waals surface area contributed by atoms with E-state index in [1.54, 1.807) is 6.08 Å². The summed E-state index contributed by atoms with van der Waals surface area (Å²) in [5, 5.41) is 8.55. The molecule has 0 amide bonds. The zero-order valence-corrected chi connectivity index (χ0v) is 14.6. The lowest BCUT2D eigenvalue weighted by atomic mass is 9.91. The maximum Gasteiger partial charge on any atom is 0.303 e. The molecule has 1 rings (SSSR count). The summed E-state index contributed by atoms with van der Waals surface area (Å²) in [4.78, 5) is 34.1. The number of carboxylic acid groups (broad SMARTS) is 1. The van der Waals surface area contributed by atoms with Crippen molar-refractivity contribution in [2.45, 2.75) is 71.1 Å². The number of Topliss-reactive ketones (excluding diaryl/α,β-unsaturated/α-hetero) is 1. The fourth-order valence-corrected chi connectivity index (χ4v) is 2.86. The normalized spacial score (nSPS) is 20.1. The molecule has 0 spiro atoms. The van der Waals surface area contributed by atoms with Gasteiger partial charge in [0.1, 0.15) is 5.78 Å². The summed E-state index contributed by atoms with van der Waals surface area (Å²) in [6.07, 6.45) is 10.2. The first-order chi connectivity index (χ1) is 11.5. The molecule has 0 bridgehead atoms. The lowest BCUT2D eigenvalue weighted by molar-refractivity contribution is -0.137. The average molecular weight is 332 g/mol. The Morgan fingerprint density at radius 1 is 1.21 bits per heavy atom. The lowest BCUT2D eigenvalue weighted by Crippen LogP contribution is -2.12. The van der Waals surface area contributed by atoms with E-state index in [1.807, 2.05) is 6.08 Å². The summed E-state index contributed by atoms with van der Waals surface area (Å²) in [6, 6.07) is 0. The molecular weight excluding hydrogens is 304 g/mol. The number of carbonyl (C=O) groups is 3. The van der Waals surface area contributed by atoms with Gasteiger partial charge >= 0.3 is 5.97 Å². The third kappa shape index (κ3) is 8.10. The summed E-state index contributed by atoms with van der Waals surface area (Å²) >= 11 is 0. The first kappa shape index (κ1) is 20.2. The van der Waals surface area contributed by atoms with Crippen molar-refractivity contribution in [1.82, 2.24) is 0 Å². The monoisotopic (exact) mass is 332 g/mol. The summed E-state index contributed by atoms with van der Waals surface area (Å²) in [7, 11) is 0. The fraction of sp³-hybridized carbons (Fsp3) is 0.650. The smallest absolute Gasteiger partial charge is 0.303 e. The van der Waals surface area contributed by atoms with Gasteiger partial charge in [-0.2, -0.15) is 0 Å². The maximum absolute atomic E-state index is 12.0. The minimum atomic E-state index is -0.775. The highest BCUT2D eigenvalue weighted by molar-refractivity contribution is 5.90. The molecule has 1 saturated carbocycles. The van der Waals surface area contributed by atoms with Crippen LogP contribution >= 0.6 is 0 Å². The maximum atomic E-state index is 12.0. The Balaban J connectivity index is 2.38. The first-order valence-corrected chi connectivity index (χ1v) is 8.95. The number of unbranched alkanes of at least 4 members (excludes halogenated alkanes) is 3. The average Bonchev–Trinajstić information content (AvgIpc) is 2.90. The molecule has 132 valence electrons. The van der Waals surface area contributed by atoms with Gasteiger partial charge in [0.2, 0.25) is 0 Å². The molecule has 1 N–H and O–H groups in total. The standard InChI is InChI=1S/C20H28O4/c1-2-3-9-17(21)14-12-16-13-15-19(22)18(16)10-7-5-4-6-8-11-20(23)24/h12,14,16,18H,2-4,6,8-11,13,15H2,1H3,(H,23,24). The Bertz CT molecular complexity index is 521. The van der Waals surface area contributed by atoms with Gasteiger partial charge in [-0.1, -0.05) is 19.4 Å². The fourth-order valence-electron chi connectivity index (χ4n) is 2.86. The molecule has 2 atom stereocenters. The molecule has 0 aromatic rings. The van der Waals surface area contributed by atoms with Gasteiger partial charge < -0.3 is 5.11 Å². The van der Waals surface area contributed by atoms with Crippen LogP contribution in [0.5, 0.6) is 0 Å². The van der Waals surface area contributed by atoms with Crippen LogP contribution in [-0.4, -0.2) is 22.6 Å². The van der Waals surface area contributed by atoms with Crippen molar-refractivity contribution in [3.8, 4) is 11.8 Å². The van der Waals surface area contributed by atoms with E-state index in [9.17, 15) is 14.4 Å². The molecule has 0 saturated heterocycles. The van der Waals surface area contributed by atoms with Crippen LogP contribution in [0.4, 0.5) is 0 Å². The van der Waals surface area contributed by atoms with Crippen LogP contribution in [0.25, 0.3) is 0 Å². The van der Waals surface area contributed by atoms with E-state index in [1.165, 1.54) is 0 Å². The van der Waals surface area contributed by atoms with Crippen LogP contribution in [0.15, 0.2) is 12.2 Å². The zero-order valence-electron chi connectivity index (χ0n) is 14.6. The second-order valence-electron chi connectivity index (χ2n) is 6.36. The second kappa shape index (κ2) is 11.6. The third-order valence-electron chi connectivity index (χ3n) is 4.35. The molecule has 0 aliphatic heterocycles. The molecule has 1 aliphatic carbocycles. The Morgan fingerprint density at radius 3 is 2.71 bits per heavy atom. The zero-order chi connectivity index (χ0) is 17.8. The van der Waals surface area contributed by atoms with Crippen molar-refractivity contribution < 1.29 is 19.5 Å². The largest absolute Gasteiger partial charge is 0.481 e. The van der Waals surface area contributed by atoms with Crippen LogP contribution in [0, 0.1) is 23.7 Å². The molecule has 0 heterocycles. The van der Waals surface area contributed by atoms with Crippen molar-refractivity contribution in [3.05, 3.63) is 12.2 Å². The highest BCUT2D eigenvalue weighted by Gasteiger charge is 2.32. The molecule has 4 nitrogen and oxygen atoms in total. The molecule has 4 heteroatoms. The van der Waals surface area contributed by atoms with Crippen molar-refractivity contribution >= 4 is 17.5 Å². The van der Waals surface area contributed by atoms with Crippen molar-refractivity contribution in [2.75, 3.05) is 0 Å². The number of rotatable bonds is 10. The highest BCUT2D eigenvalue weighted by Crippen LogP contribution is 2.32. The predicted octanol–water partition coefficient (Wildman–Crippen LogP) is 3.94. The van der Waals surface area contributed by atoms with E-state index >= 15 is 0 Å². The number of hydrogen-bond donors (Lipinski definition) is 1. The minimum absolute atomic E-state index is 0.0910. The summed E-state index contributed by atoms with van der Waals surface area (Å²) in [5.74, 6) is 5.74. The van der Waals surface area contributed by atoms with Crippen LogP contribution in [0.1, 0.15) is 71.1 Å². The number of ketones is 2. The number of aliphatic carboxylic acids is 1. The van der Waals surface area contributed by atoms with E-state index in [0.29, 0.717) is 32.1 Å². The van der Waals surface area contributed by atoms with Crippen LogP contribution in [0.3, 0.4) is 0 Å². The van der Waals surface area contributed by atoms with E-state index in [0.717, 1.165) is 25.7 Å². The molecule has 0 aromatic heterocycles. The van der Waals surface area contributed by atoms with E-state index in [-0.39, 0.29) is 29.8 Å². The SMILES string of the molecule is CCCCC(=O)C=CC1CCC(=O)C1CC#CCCCCC(=O)O. The lowest BCUT2D eigenvalue weighted by Gasteiger charge is -2.11. The van der Waals surface area contributed by atoms with Gasteiger partial charge in [-0.25, -0.2) is 0 Å². The van der Waals surface area contributed by atoms with Crippen molar-refractivity contribution in [3.63, 3.8) is 0 Å². The van der Waals surface area contributed by atoms with Crippen LogP contribution in [-0.2, 0) is 14.4 Å². The van der Waals surface area contributed by atoms with E-state index in [2.05, 4.69) is 18.8 Å². The van der Waals surface area contributed by atoms with Gasteiger partial charge in [-0.15, -0.1) is 11.8 Å². The number of carbonyl (C=O) groups excluding carboxylic acids is 2. The van der Waals surface area contributed by atoms with E-state index < -0.39 is 5.97 Å². The third-order valence-corrected chi connectivity index (χ3v) is 4.35. The van der Waals surface area contributed by atoms with Crippen LogP contribution in [0.2, 0.25) is 0 Å². The molecule has 1 aliphatic rings. The topological polar surface area (TPSA) is 71.4 Å². The minimum Gasteiger partial charge on any atom is -0.481 e. The summed E-state index contributed by atoms with van der Waals surface area (Å²) in [6.45, 7) is 2.06. The quantitative estimate of drug-likeness (QED) is 0.374. The van der Waals surface area contributed by atoms with Crippen molar-refractivity contribution in [1.29, 1.82) is 0 Å². The Labute approximate surface area is 144 Å². The number of hydrogen-bond acceptors (Lipinski definition) is 3. The second-order valence-corrected chi connectivity index (χ2v) is 6.36. The van der Waals surface area contributed by atoms with Gasteiger partial charge in [0.15, 0.2) is 5.78 Å². The van der Waals surface area contributed by atoms with Crippen LogP contribution < -0.4 is 0 Å². The van der Waals surface area contributed by atoms with E-state index in [4.69, 9.17) is 5.11 Å². The van der Waals surface area contributed by atoms with Gasteiger partial charge in [-0.05, 0) is 37.7 Å². The molecule has 0 radical (unpaired) electrons. The van der Waals surface area contributed by atoms with Gasteiger partial charge in [0.05, 0.1) is 0 Å². The van der Waals surface area contributed by atoms with Crippen molar-refractivity contribution in [2.24, 2.45) is 11.8 Å². The number of allylic oxidation sites excluding steroid dienone is 2. The predicted molar refractivity (Wildman–Crippen MR) is 93.4 cm³/mol. The highest BCUT2D eigenvalue weighted by atomic mass is 16.4. The molecule has 24 heavy (non-hydrogen) atoms. The first-order valence-electron chi connectivity index (χ1n) is 8.95. The van der Waals surface area contributed by atoms with Gasteiger partial charge in [-0.3, -0.25) is 14.4 Å². The number of carboxylic acids is 1. The molecule has 0 aromatic carbocycles. The van der Waals surface area contributed by atoms with Gasteiger partial charge in [0, 0.05) is 38.0 Å². The Hall–Kier alpha value is -1.89.